The molecule has 32 heavy (non-hydrogen) atoms. The first-order valence-corrected chi connectivity index (χ1v) is 19.2. The van der Waals surface area contributed by atoms with Crippen molar-refractivity contribution >= 4 is 48.1 Å². The van der Waals surface area contributed by atoms with Crippen LogP contribution in [-0.2, 0) is 31.7 Å². The van der Waals surface area contributed by atoms with Crippen molar-refractivity contribution in [2.75, 3.05) is 0 Å². The van der Waals surface area contributed by atoms with Gasteiger partial charge in [-0.15, -0.1) is 81.2 Å². The number of fused-ring (bicyclic) bond motifs is 2. The second kappa shape index (κ2) is 13.9. The summed E-state index contributed by atoms with van der Waals surface area (Å²) in [6.45, 7) is 17.8. The first-order valence-electron chi connectivity index (χ1n) is 10.8. The van der Waals surface area contributed by atoms with Crippen molar-refractivity contribution in [3.8, 4) is 0 Å². The summed E-state index contributed by atoms with van der Waals surface area (Å²) in [4.78, 5) is 0. The van der Waals surface area contributed by atoms with Crippen LogP contribution in [0.4, 0.5) is 0 Å². The van der Waals surface area contributed by atoms with Gasteiger partial charge in [0.2, 0.25) is 0 Å². The zero-order chi connectivity index (χ0) is 24.4. The predicted molar refractivity (Wildman–Crippen MR) is 146 cm³/mol. The van der Waals surface area contributed by atoms with Crippen LogP contribution in [0.3, 0.4) is 0 Å². The van der Waals surface area contributed by atoms with E-state index in [0.29, 0.717) is 0 Å². The Morgan fingerprint density at radius 2 is 0.938 bits per heavy atom. The Kier molecular flexibility index (Phi) is 12.8. The molecule has 0 N–H and O–H groups in total. The van der Waals surface area contributed by atoms with Crippen molar-refractivity contribution in [3.05, 3.63) is 83.9 Å². The topological polar surface area (TPSA) is 0 Å². The van der Waals surface area contributed by atoms with E-state index >= 15 is 0 Å². The molecule has 0 aromatic heterocycles. The van der Waals surface area contributed by atoms with Crippen LogP contribution in [0.15, 0.2) is 72.8 Å². The first kappa shape index (κ1) is 29.4. The van der Waals surface area contributed by atoms with Crippen LogP contribution in [0.2, 0.25) is 13.1 Å². The molecule has 170 valence electrons. The van der Waals surface area contributed by atoms with Crippen LogP contribution in [-0.4, -0.2) is 9.52 Å². The van der Waals surface area contributed by atoms with E-state index in [2.05, 4.69) is 127 Å². The van der Waals surface area contributed by atoms with Gasteiger partial charge in [0, 0.05) is 9.52 Å². The van der Waals surface area contributed by atoms with E-state index in [-0.39, 0.29) is 10.8 Å². The number of halogens is 2. The molecule has 0 aliphatic heterocycles. The van der Waals surface area contributed by atoms with E-state index in [1.165, 1.54) is 32.7 Å². The van der Waals surface area contributed by atoms with Crippen LogP contribution in [0.5, 0.6) is 0 Å². The number of rotatable bonds is 0. The molecule has 0 saturated heterocycles. The second-order valence-corrected chi connectivity index (χ2v) is 14.5. The third-order valence-corrected chi connectivity index (χ3v) is 4.97. The van der Waals surface area contributed by atoms with Gasteiger partial charge in [-0.05, 0) is 10.8 Å². The predicted octanol–water partition coefficient (Wildman–Crippen LogP) is 9.88. The molecule has 0 nitrogen and oxygen atoms in total. The second-order valence-electron chi connectivity index (χ2n) is 9.82. The van der Waals surface area contributed by atoms with Crippen LogP contribution >= 0.6 is 17.0 Å². The fourth-order valence-corrected chi connectivity index (χ4v) is 3.17. The van der Waals surface area contributed by atoms with Crippen molar-refractivity contribution < 1.29 is 20.8 Å². The Bertz CT molecular complexity index is 896. The zero-order valence-electron chi connectivity index (χ0n) is 20.7. The molecule has 4 rings (SSSR count). The Balaban J connectivity index is 0.000000258. The summed E-state index contributed by atoms with van der Waals surface area (Å²) in [6.07, 6.45) is 0. The summed E-state index contributed by atoms with van der Waals surface area (Å²) < 4.78 is 0. The van der Waals surface area contributed by atoms with E-state index in [1.54, 1.807) is 0 Å². The SMILES string of the molecule is CC(C)(C)c1cc2ccccc2[cH-]1.CC(C)(C)c1cc2ccccc2[cH-]1.C[Si]C.[Cl][Zr+2][Cl]. The monoisotopic (exact) mass is 560 g/mol. The molecule has 0 aliphatic rings. The van der Waals surface area contributed by atoms with Gasteiger partial charge in [0.15, 0.2) is 0 Å². The summed E-state index contributed by atoms with van der Waals surface area (Å²) in [5.41, 5.74) is 3.38. The van der Waals surface area contributed by atoms with Gasteiger partial charge < -0.3 is 0 Å². The molecule has 0 fully saturated rings. The van der Waals surface area contributed by atoms with Crippen LogP contribution in [0.25, 0.3) is 21.5 Å². The number of hydrogen-bond donors (Lipinski definition) is 0. The summed E-state index contributed by atoms with van der Waals surface area (Å²) in [6, 6.07) is 26.2. The molecule has 0 heterocycles. The van der Waals surface area contributed by atoms with Gasteiger partial charge in [0.05, 0.1) is 0 Å². The quantitative estimate of drug-likeness (QED) is 0.148. The summed E-state index contributed by atoms with van der Waals surface area (Å²) in [5, 5.41) is 5.42. The normalized spacial score (nSPS) is 10.8. The van der Waals surface area contributed by atoms with Crippen molar-refractivity contribution in [2.24, 2.45) is 0 Å². The fraction of sp³-hybridized carbons (Fsp3) is 0.357. The zero-order valence-corrected chi connectivity index (χ0v) is 25.7. The van der Waals surface area contributed by atoms with Crippen molar-refractivity contribution in [3.63, 3.8) is 0 Å². The average Bonchev–Trinajstić information content (AvgIpc) is 3.34. The summed E-state index contributed by atoms with van der Waals surface area (Å²) >= 11 is -0.826. The fourth-order valence-electron chi connectivity index (χ4n) is 3.17. The van der Waals surface area contributed by atoms with Crippen molar-refractivity contribution in [2.45, 2.75) is 65.5 Å². The van der Waals surface area contributed by atoms with E-state index in [1.807, 2.05) is 0 Å². The Labute approximate surface area is 216 Å². The molecule has 0 unspecified atom stereocenters. The average molecular weight is 563 g/mol. The molecule has 4 heteroatoms. The molecule has 4 aromatic carbocycles. The van der Waals surface area contributed by atoms with E-state index in [9.17, 15) is 0 Å². The molecule has 2 radical (unpaired) electrons. The molecule has 0 aliphatic carbocycles. The standard InChI is InChI=1S/2C13H15.C2H6Si.2ClH.Zr/c2*1-13(2,3)12-8-10-6-4-5-7-11(10)9-12;1-3-2;;;/h2*4-9H,1-3H3;1-2H3;2*1H;/q2*-1;;;;+4/p-2. The van der Waals surface area contributed by atoms with Crippen molar-refractivity contribution in [1.29, 1.82) is 0 Å². The van der Waals surface area contributed by atoms with E-state index < -0.39 is 20.8 Å². The van der Waals surface area contributed by atoms with E-state index in [4.69, 9.17) is 17.0 Å². The van der Waals surface area contributed by atoms with Gasteiger partial charge in [-0.3, -0.25) is 0 Å². The van der Waals surface area contributed by atoms with Gasteiger partial charge in [-0.2, -0.15) is 12.1 Å². The molecular weight excluding hydrogens is 527 g/mol. The van der Waals surface area contributed by atoms with Gasteiger partial charge in [0.25, 0.3) is 0 Å². The molecular formula is C28H36Cl2SiZr. The van der Waals surface area contributed by atoms with E-state index in [0.717, 1.165) is 9.52 Å². The number of hydrogen-bond acceptors (Lipinski definition) is 0. The third kappa shape index (κ3) is 9.68. The first-order chi connectivity index (χ1) is 15.0. The minimum atomic E-state index is -0.826. The van der Waals surface area contributed by atoms with Crippen molar-refractivity contribution in [1.82, 2.24) is 0 Å². The van der Waals surface area contributed by atoms with Crippen LogP contribution < -0.4 is 0 Å². The van der Waals surface area contributed by atoms with Gasteiger partial charge in [0.1, 0.15) is 0 Å². The Morgan fingerprint density at radius 3 is 1.19 bits per heavy atom. The summed E-state index contributed by atoms with van der Waals surface area (Å²) in [7, 11) is 11.0. The third-order valence-electron chi connectivity index (χ3n) is 4.97. The van der Waals surface area contributed by atoms with Gasteiger partial charge in [-0.25, -0.2) is 0 Å². The Morgan fingerprint density at radius 1 is 0.656 bits per heavy atom. The minimum absolute atomic E-state index is 0.263. The maximum absolute atomic E-state index is 4.93. The van der Waals surface area contributed by atoms with Gasteiger partial charge >= 0.3 is 37.9 Å². The molecule has 0 atom stereocenters. The number of benzene rings is 2. The van der Waals surface area contributed by atoms with Gasteiger partial charge in [-0.1, -0.05) is 66.8 Å². The van der Waals surface area contributed by atoms with Crippen LogP contribution in [0, 0.1) is 0 Å². The molecule has 0 saturated carbocycles. The summed E-state index contributed by atoms with van der Waals surface area (Å²) in [5.74, 6) is 0. The molecule has 4 aromatic rings. The Hall–Kier alpha value is -0.660. The molecule has 0 bridgehead atoms. The molecule has 0 amide bonds. The van der Waals surface area contributed by atoms with Crippen LogP contribution in [0.1, 0.15) is 52.7 Å². The molecule has 0 spiro atoms. The maximum atomic E-state index is 4.93.